The van der Waals surface area contributed by atoms with Gasteiger partial charge in [0.2, 0.25) is 0 Å². The fourth-order valence-electron chi connectivity index (χ4n) is 2.57. The number of hydrogen-bond donors (Lipinski definition) is 2. The van der Waals surface area contributed by atoms with E-state index in [4.69, 9.17) is 19.8 Å². The highest BCUT2D eigenvalue weighted by Crippen LogP contribution is 2.32. The van der Waals surface area contributed by atoms with Crippen molar-refractivity contribution in [2.45, 2.75) is 19.1 Å². The lowest BCUT2D eigenvalue weighted by Gasteiger charge is -2.17. The highest BCUT2D eigenvalue weighted by Gasteiger charge is 2.43. The topological polar surface area (TPSA) is 73.9 Å². The van der Waals surface area contributed by atoms with Crippen LogP contribution in [0, 0.1) is 6.92 Å². The van der Waals surface area contributed by atoms with Gasteiger partial charge in [-0.2, -0.15) is 0 Å². The van der Waals surface area contributed by atoms with Gasteiger partial charge in [0, 0.05) is 12.0 Å². The van der Waals surface area contributed by atoms with Crippen LogP contribution in [-0.4, -0.2) is 38.1 Å². The zero-order chi connectivity index (χ0) is 12.7. The SMILES string of the molecule is Cc1ccc2c3c1[C@@H](CN)OB3O[C@H](CO)CO2.Cl. The summed E-state index contributed by atoms with van der Waals surface area (Å²) in [6, 6.07) is 3.92. The Morgan fingerprint density at radius 3 is 2.89 bits per heavy atom. The van der Waals surface area contributed by atoms with Gasteiger partial charge < -0.3 is 24.9 Å². The van der Waals surface area contributed by atoms with Crippen LogP contribution in [0.25, 0.3) is 0 Å². The number of halogens is 1. The number of aliphatic hydroxyl groups excluding tert-OH is 1. The molecule has 1 aromatic carbocycles. The first-order valence-corrected chi connectivity index (χ1v) is 6.12. The molecule has 0 unspecified atom stereocenters. The Bertz CT molecular complexity index is 473. The first kappa shape index (κ1) is 14.6. The summed E-state index contributed by atoms with van der Waals surface area (Å²) < 4.78 is 17.2. The second-order valence-corrected chi connectivity index (χ2v) is 4.65. The molecular weight excluding hydrogens is 268 g/mol. The van der Waals surface area contributed by atoms with Crippen LogP contribution >= 0.6 is 12.4 Å². The average Bonchev–Trinajstić information content (AvgIpc) is 2.66. The van der Waals surface area contributed by atoms with Gasteiger partial charge in [-0.25, -0.2) is 0 Å². The summed E-state index contributed by atoms with van der Waals surface area (Å²) >= 11 is 0. The minimum absolute atomic E-state index is 0. The minimum atomic E-state index is -0.483. The fourth-order valence-corrected chi connectivity index (χ4v) is 2.57. The summed E-state index contributed by atoms with van der Waals surface area (Å²) in [6.45, 7) is 2.67. The standard InChI is InChI=1S/C12H16BNO4.ClH/c1-7-2-3-9-12-11(7)10(4-14)18-13(12)17-8(5-15)6-16-9;/h2-3,8,10,15H,4-6,14H2,1H3;1H/t8-,10-;/m1./s1. The van der Waals surface area contributed by atoms with Crippen LogP contribution in [0.5, 0.6) is 5.75 Å². The van der Waals surface area contributed by atoms with Crippen molar-refractivity contribution in [2.24, 2.45) is 5.73 Å². The number of aryl methyl sites for hydroxylation is 1. The molecular formula is C12H17BClNO4. The number of hydrogen-bond acceptors (Lipinski definition) is 5. The molecule has 2 heterocycles. The third-order valence-electron chi connectivity index (χ3n) is 3.47. The van der Waals surface area contributed by atoms with E-state index in [0.717, 1.165) is 22.3 Å². The Kier molecular flexibility index (Phi) is 4.38. The van der Waals surface area contributed by atoms with E-state index >= 15 is 0 Å². The lowest BCUT2D eigenvalue weighted by molar-refractivity contribution is 0.0497. The van der Waals surface area contributed by atoms with Gasteiger partial charge in [0.25, 0.3) is 0 Å². The summed E-state index contributed by atoms with van der Waals surface area (Å²) in [6.07, 6.45) is -0.530. The molecule has 104 valence electrons. The molecule has 1 aromatic rings. The van der Waals surface area contributed by atoms with E-state index in [1.807, 2.05) is 19.1 Å². The quantitative estimate of drug-likeness (QED) is 0.743. The van der Waals surface area contributed by atoms with Gasteiger partial charge in [0.1, 0.15) is 18.5 Å². The van der Waals surface area contributed by atoms with E-state index < -0.39 is 7.12 Å². The Morgan fingerprint density at radius 2 is 2.21 bits per heavy atom. The van der Waals surface area contributed by atoms with Crippen LogP contribution in [0.3, 0.4) is 0 Å². The van der Waals surface area contributed by atoms with Crippen molar-refractivity contribution < 1.29 is 19.2 Å². The molecule has 2 aliphatic heterocycles. The molecule has 19 heavy (non-hydrogen) atoms. The van der Waals surface area contributed by atoms with Crippen molar-refractivity contribution >= 4 is 25.0 Å². The molecule has 2 atom stereocenters. The molecule has 3 N–H and O–H groups in total. The van der Waals surface area contributed by atoms with E-state index in [1.165, 1.54) is 0 Å². The molecule has 0 aliphatic carbocycles. The van der Waals surface area contributed by atoms with Crippen LogP contribution in [0.2, 0.25) is 0 Å². The van der Waals surface area contributed by atoms with Crippen LogP contribution in [0.15, 0.2) is 12.1 Å². The smallest absolute Gasteiger partial charge is 0.491 e. The molecule has 2 aliphatic rings. The first-order valence-electron chi connectivity index (χ1n) is 6.12. The van der Waals surface area contributed by atoms with Gasteiger partial charge in [-0.05, 0) is 24.1 Å². The van der Waals surface area contributed by atoms with Gasteiger partial charge in [0.15, 0.2) is 0 Å². The number of rotatable bonds is 2. The van der Waals surface area contributed by atoms with Crippen molar-refractivity contribution in [2.75, 3.05) is 19.8 Å². The number of benzene rings is 1. The largest absolute Gasteiger partial charge is 0.498 e. The third kappa shape index (κ3) is 2.35. The summed E-state index contributed by atoms with van der Waals surface area (Å²) in [5.41, 5.74) is 8.87. The molecule has 7 heteroatoms. The zero-order valence-electron chi connectivity index (χ0n) is 10.7. The molecule has 5 nitrogen and oxygen atoms in total. The molecule has 0 radical (unpaired) electrons. The molecule has 0 aromatic heterocycles. The predicted octanol–water partition coefficient (Wildman–Crippen LogP) is -0.0881. The summed E-state index contributed by atoms with van der Waals surface area (Å²) in [7, 11) is -0.483. The van der Waals surface area contributed by atoms with Crippen molar-refractivity contribution in [1.29, 1.82) is 0 Å². The molecule has 0 saturated heterocycles. The second-order valence-electron chi connectivity index (χ2n) is 4.65. The highest BCUT2D eigenvalue weighted by atomic mass is 35.5. The normalized spacial score (nSPS) is 24.3. The lowest BCUT2D eigenvalue weighted by atomic mass is 9.76. The highest BCUT2D eigenvalue weighted by molar-refractivity contribution is 6.64. The van der Waals surface area contributed by atoms with Gasteiger partial charge in [-0.3, -0.25) is 0 Å². The molecule has 0 amide bonds. The predicted molar refractivity (Wildman–Crippen MR) is 74.1 cm³/mol. The summed E-state index contributed by atoms with van der Waals surface area (Å²) in [5.74, 6) is 0.771. The van der Waals surface area contributed by atoms with Gasteiger partial charge in [-0.1, -0.05) is 6.07 Å². The van der Waals surface area contributed by atoms with Crippen LogP contribution < -0.4 is 15.9 Å². The van der Waals surface area contributed by atoms with E-state index in [1.54, 1.807) is 0 Å². The minimum Gasteiger partial charge on any atom is -0.491 e. The Balaban J connectivity index is 0.00000133. The van der Waals surface area contributed by atoms with Crippen molar-refractivity contribution in [3.63, 3.8) is 0 Å². The van der Waals surface area contributed by atoms with Crippen LogP contribution in [0.1, 0.15) is 17.2 Å². The number of ether oxygens (including phenoxy) is 1. The van der Waals surface area contributed by atoms with Crippen molar-refractivity contribution in [3.8, 4) is 5.75 Å². The zero-order valence-corrected chi connectivity index (χ0v) is 11.5. The fraction of sp³-hybridized carbons (Fsp3) is 0.500. The Labute approximate surface area is 118 Å². The maximum absolute atomic E-state index is 9.22. The summed E-state index contributed by atoms with van der Waals surface area (Å²) in [5, 5.41) is 9.22. The second kappa shape index (κ2) is 5.69. The van der Waals surface area contributed by atoms with Gasteiger partial charge in [0.05, 0.1) is 12.7 Å². The maximum atomic E-state index is 9.22. The third-order valence-corrected chi connectivity index (χ3v) is 3.47. The first-order chi connectivity index (χ1) is 8.74. The lowest BCUT2D eigenvalue weighted by Crippen LogP contribution is -2.36. The Morgan fingerprint density at radius 1 is 1.42 bits per heavy atom. The number of nitrogens with two attached hydrogens (primary N) is 1. The van der Waals surface area contributed by atoms with E-state index in [-0.39, 0.29) is 31.2 Å². The van der Waals surface area contributed by atoms with E-state index in [9.17, 15) is 5.11 Å². The van der Waals surface area contributed by atoms with Crippen molar-refractivity contribution in [1.82, 2.24) is 0 Å². The molecule has 0 fully saturated rings. The molecule has 0 spiro atoms. The average molecular weight is 286 g/mol. The molecule has 3 rings (SSSR count). The van der Waals surface area contributed by atoms with Crippen LogP contribution in [0.4, 0.5) is 0 Å². The maximum Gasteiger partial charge on any atom is 0.498 e. The van der Waals surface area contributed by atoms with Crippen LogP contribution in [-0.2, 0) is 9.31 Å². The summed E-state index contributed by atoms with van der Waals surface area (Å²) in [4.78, 5) is 0. The number of aliphatic hydroxyl groups is 1. The van der Waals surface area contributed by atoms with Crippen molar-refractivity contribution in [3.05, 3.63) is 23.3 Å². The molecule has 0 saturated carbocycles. The monoisotopic (exact) mass is 285 g/mol. The van der Waals surface area contributed by atoms with Gasteiger partial charge in [-0.15, -0.1) is 12.4 Å². The van der Waals surface area contributed by atoms with E-state index in [2.05, 4.69) is 0 Å². The molecule has 0 bridgehead atoms. The Hall–Kier alpha value is -0.785. The van der Waals surface area contributed by atoms with E-state index in [0.29, 0.717) is 13.2 Å². The van der Waals surface area contributed by atoms with Gasteiger partial charge >= 0.3 is 7.12 Å².